The highest BCUT2D eigenvalue weighted by Crippen LogP contribution is 2.43. The highest BCUT2D eigenvalue weighted by molar-refractivity contribution is 5.92. The van der Waals surface area contributed by atoms with Crippen molar-refractivity contribution in [1.82, 2.24) is 4.98 Å². The third-order valence-electron chi connectivity index (χ3n) is 4.30. The molecule has 1 fully saturated rings. The quantitative estimate of drug-likeness (QED) is 0.499. The van der Waals surface area contributed by atoms with E-state index in [0.29, 0.717) is 23.0 Å². The van der Waals surface area contributed by atoms with Gasteiger partial charge in [-0.15, -0.1) is 0 Å². The Morgan fingerprint density at radius 1 is 1.00 bits per heavy atom. The Morgan fingerprint density at radius 3 is 2.33 bits per heavy atom. The van der Waals surface area contributed by atoms with Crippen LogP contribution in [-0.2, 0) is 4.74 Å². The van der Waals surface area contributed by atoms with Crippen LogP contribution < -0.4 is 4.74 Å². The van der Waals surface area contributed by atoms with Crippen molar-refractivity contribution in [2.24, 2.45) is 0 Å². The number of methoxy groups -OCH3 is 1. The van der Waals surface area contributed by atoms with Gasteiger partial charge in [-0.1, -0.05) is 18.2 Å². The number of carbonyl (C=O) groups is 2. The Hall–Kier alpha value is -3.41. The number of rotatable bonds is 5. The van der Waals surface area contributed by atoms with Crippen molar-refractivity contribution in [1.29, 1.82) is 0 Å². The van der Waals surface area contributed by atoms with Crippen LogP contribution in [0, 0.1) is 0 Å². The molecule has 2 aromatic carbocycles. The zero-order chi connectivity index (χ0) is 18.8. The van der Waals surface area contributed by atoms with Gasteiger partial charge < -0.3 is 13.9 Å². The molecule has 0 spiro atoms. The van der Waals surface area contributed by atoms with Crippen LogP contribution in [0.25, 0.3) is 11.5 Å². The Balaban J connectivity index is 1.58. The van der Waals surface area contributed by atoms with Crippen LogP contribution in [0.4, 0.5) is 0 Å². The molecule has 1 aliphatic rings. The molecule has 0 saturated heterocycles. The number of aromatic nitrogens is 1. The van der Waals surface area contributed by atoms with Gasteiger partial charge in [-0.2, -0.15) is 0 Å². The molecule has 1 heterocycles. The van der Waals surface area contributed by atoms with Gasteiger partial charge in [0.1, 0.15) is 11.5 Å². The van der Waals surface area contributed by atoms with Gasteiger partial charge in [0, 0.05) is 11.5 Å². The van der Waals surface area contributed by atoms with Crippen LogP contribution >= 0.6 is 0 Å². The number of hydrogen-bond acceptors (Lipinski definition) is 6. The number of benzene rings is 2. The van der Waals surface area contributed by atoms with Crippen LogP contribution in [0.1, 0.15) is 45.4 Å². The Morgan fingerprint density at radius 2 is 1.70 bits per heavy atom. The van der Waals surface area contributed by atoms with E-state index in [2.05, 4.69) is 9.72 Å². The smallest absolute Gasteiger partial charge is 0.366 e. The van der Waals surface area contributed by atoms with E-state index in [9.17, 15) is 9.59 Å². The van der Waals surface area contributed by atoms with Crippen LogP contribution in [0.2, 0.25) is 0 Å². The van der Waals surface area contributed by atoms with Crippen molar-refractivity contribution in [2.45, 2.75) is 18.8 Å². The summed E-state index contributed by atoms with van der Waals surface area (Å²) in [4.78, 5) is 28.5. The lowest BCUT2D eigenvalue weighted by Gasteiger charge is -2.04. The molecule has 0 atom stereocenters. The van der Waals surface area contributed by atoms with E-state index >= 15 is 0 Å². The van der Waals surface area contributed by atoms with Crippen LogP contribution in [-0.4, -0.2) is 24.0 Å². The first-order chi connectivity index (χ1) is 13.2. The first kappa shape index (κ1) is 17.0. The third-order valence-corrected chi connectivity index (χ3v) is 4.30. The summed E-state index contributed by atoms with van der Waals surface area (Å²) in [5, 5.41) is 0. The predicted molar refractivity (Wildman–Crippen MR) is 96.7 cm³/mol. The fourth-order valence-electron chi connectivity index (χ4n) is 2.74. The summed E-state index contributed by atoms with van der Waals surface area (Å²) in [6, 6.07) is 15.6. The number of carbonyl (C=O) groups excluding carboxylic acids is 2. The second kappa shape index (κ2) is 7.07. The summed E-state index contributed by atoms with van der Waals surface area (Å²) in [7, 11) is 1.31. The number of nitrogens with zero attached hydrogens (tertiary/aromatic N) is 1. The monoisotopic (exact) mass is 363 g/mol. The van der Waals surface area contributed by atoms with E-state index in [1.54, 1.807) is 12.1 Å². The summed E-state index contributed by atoms with van der Waals surface area (Å²) in [6.45, 7) is 0. The highest BCUT2D eigenvalue weighted by atomic mass is 16.5. The van der Waals surface area contributed by atoms with E-state index < -0.39 is 11.9 Å². The van der Waals surface area contributed by atoms with Crippen LogP contribution in [0.5, 0.6) is 5.75 Å². The zero-order valence-corrected chi connectivity index (χ0v) is 14.7. The second-order valence-corrected chi connectivity index (χ2v) is 6.28. The minimum Gasteiger partial charge on any atom is -0.465 e. The fourth-order valence-corrected chi connectivity index (χ4v) is 2.74. The first-order valence-corrected chi connectivity index (χ1v) is 8.62. The van der Waals surface area contributed by atoms with Crippen molar-refractivity contribution in [3.8, 4) is 17.2 Å². The van der Waals surface area contributed by atoms with Gasteiger partial charge in [0.05, 0.1) is 12.7 Å². The molecule has 27 heavy (non-hydrogen) atoms. The highest BCUT2D eigenvalue weighted by Gasteiger charge is 2.35. The van der Waals surface area contributed by atoms with Crippen LogP contribution in [0.15, 0.2) is 59.0 Å². The number of hydrogen-bond donors (Lipinski definition) is 0. The number of oxazole rings is 1. The maximum atomic E-state index is 12.7. The zero-order valence-electron chi connectivity index (χ0n) is 14.7. The molecular formula is C21H17NO5. The molecule has 6 heteroatoms. The van der Waals surface area contributed by atoms with Gasteiger partial charge in [0.25, 0.3) is 0 Å². The SMILES string of the molecule is COC(=O)c1ccc(OC(=O)c2nc(-c3ccccc3)oc2C2CC2)cc1. The number of ether oxygens (including phenoxy) is 2. The molecule has 0 aliphatic heterocycles. The van der Waals surface area contributed by atoms with Gasteiger partial charge in [-0.05, 0) is 49.2 Å². The Kier molecular flexibility index (Phi) is 4.46. The normalized spacial score (nSPS) is 13.2. The molecule has 3 aromatic rings. The molecule has 4 rings (SSSR count). The largest absolute Gasteiger partial charge is 0.465 e. The third kappa shape index (κ3) is 3.60. The van der Waals surface area contributed by atoms with Gasteiger partial charge in [-0.3, -0.25) is 0 Å². The topological polar surface area (TPSA) is 78.6 Å². The molecule has 0 amide bonds. The Labute approximate surface area is 155 Å². The minimum atomic E-state index is -0.575. The van der Waals surface area contributed by atoms with E-state index in [-0.39, 0.29) is 11.6 Å². The van der Waals surface area contributed by atoms with Gasteiger partial charge in [0.2, 0.25) is 5.89 Å². The predicted octanol–water partition coefficient (Wildman–Crippen LogP) is 4.22. The van der Waals surface area contributed by atoms with Crippen molar-refractivity contribution in [2.75, 3.05) is 7.11 Å². The molecule has 6 nitrogen and oxygen atoms in total. The molecule has 0 N–H and O–H groups in total. The molecule has 0 radical (unpaired) electrons. The van der Waals surface area contributed by atoms with Crippen molar-refractivity contribution in [3.63, 3.8) is 0 Å². The van der Waals surface area contributed by atoms with Crippen LogP contribution in [0.3, 0.4) is 0 Å². The van der Waals surface area contributed by atoms with Crippen molar-refractivity contribution in [3.05, 3.63) is 71.6 Å². The van der Waals surface area contributed by atoms with E-state index in [4.69, 9.17) is 9.15 Å². The summed E-state index contributed by atoms with van der Waals surface area (Å²) >= 11 is 0. The lowest BCUT2D eigenvalue weighted by molar-refractivity contribution is 0.0600. The lowest BCUT2D eigenvalue weighted by atomic mass is 10.2. The molecule has 1 aliphatic carbocycles. The molecular weight excluding hydrogens is 346 g/mol. The van der Waals surface area contributed by atoms with E-state index in [1.165, 1.54) is 19.2 Å². The molecule has 0 unspecified atom stereocenters. The summed E-state index contributed by atoms with van der Waals surface area (Å²) in [5.41, 5.74) is 1.39. The van der Waals surface area contributed by atoms with Crippen molar-refractivity contribution < 1.29 is 23.5 Å². The molecule has 0 bridgehead atoms. The van der Waals surface area contributed by atoms with Gasteiger partial charge in [-0.25, -0.2) is 14.6 Å². The van der Waals surface area contributed by atoms with Crippen molar-refractivity contribution >= 4 is 11.9 Å². The maximum Gasteiger partial charge on any atom is 0.366 e. The number of esters is 2. The molecule has 1 aromatic heterocycles. The second-order valence-electron chi connectivity index (χ2n) is 6.28. The Bertz CT molecular complexity index is 972. The first-order valence-electron chi connectivity index (χ1n) is 8.62. The van der Waals surface area contributed by atoms with E-state index in [0.717, 1.165) is 18.4 Å². The van der Waals surface area contributed by atoms with Gasteiger partial charge in [0.15, 0.2) is 5.69 Å². The van der Waals surface area contributed by atoms with Gasteiger partial charge >= 0.3 is 11.9 Å². The summed E-state index contributed by atoms with van der Waals surface area (Å²) in [6.07, 6.45) is 1.94. The summed E-state index contributed by atoms with van der Waals surface area (Å²) in [5.74, 6) is 0.481. The standard InChI is InChI=1S/C21H17NO5/c1-25-20(23)15-9-11-16(12-10-15)26-21(24)17-18(13-7-8-13)27-19(22-17)14-5-3-2-4-6-14/h2-6,9-13H,7-8H2,1H3. The average molecular weight is 363 g/mol. The fraction of sp³-hybridized carbons (Fsp3) is 0.190. The van der Waals surface area contributed by atoms with E-state index in [1.807, 2.05) is 30.3 Å². The molecule has 1 saturated carbocycles. The summed E-state index contributed by atoms with van der Waals surface area (Å²) < 4.78 is 15.9. The lowest BCUT2D eigenvalue weighted by Crippen LogP contribution is -2.11. The minimum absolute atomic E-state index is 0.202. The maximum absolute atomic E-state index is 12.7. The molecule has 136 valence electrons. The average Bonchev–Trinajstić information content (AvgIpc) is 3.46.